The number of carbonyl (C=O) groups excluding carboxylic acids is 1. The first-order valence-corrected chi connectivity index (χ1v) is 14.0. The molecule has 0 fully saturated rings. The molecule has 2 heterocycles. The number of aliphatic hydroxyl groups excluding tert-OH is 1. The van der Waals surface area contributed by atoms with Gasteiger partial charge in [-0.1, -0.05) is 48.5 Å². The summed E-state index contributed by atoms with van der Waals surface area (Å²) in [5.41, 5.74) is 2.67. The minimum absolute atomic E-state index is 0.0186. The summed E-state index contributed by atoms with van der Waals surface area (Å²) >= 11 is 0. The molecule has 1 unspecified atom stereocenters. The third-order valence-electron chi connectivity index (χ3n) is 7.45. The number of β-amino-alcohol motifs (C(OH)–C–C–N with tert-alkyl or cyclic N) is 1. The van der Waals surface area contributed by atoms with Gasteiger partial charge in [-0.15, -0.1) is 0 Å². The van der Waals surface area contributed by atoms with Gasteiger partial charge in [0.2, 0.25) is 5.75 Å². The number of phenols is 2. The van der Waals surface area contributed by atoms with E-state index in [-0.39, 0.29) is 58.8 Å². The Balaban J connectivity index is 1.22. The molecule has 6 rings (SSSR count). The van der Waals surface area contributed by atoms with Gasteiger partial charge in [0.15, 0.2) is 16.9 Å². The zero-order valence-corrected chi connectivity index (χ0v) is 24.4. The first-order valence-electron chi connectivity index (χ1n) is 14.0. The maximum absolute atomic E-state index is 13.6. The fourth-order valence-electron chi connectivity index (χ4n) is 5.32. The number of hydrogen-bond acceptors (Lipinski definition) is 9. The van der Waals surface area contributed by atoms with Crippen LogP contribution in [0.15, 0.2) is 94.1 Å². The first-order chi connectivity index (χ1) is 21.8. The summed E-state index contributed by atoms with van der Waals surface area (Å²) in [5.74, 6) is 0.106. The van der Waals surface area contributed by atoms with Gasteiger partial charge >= 0.3 is 0 Å². The number of phenolic OH excluding ortho intramolecular Hbond substituents is 2. The van der Waals surface area contributed by atoms with E-state index in [4.69, 9.17) is 18.6 Å². The van der Waals surface area contributed by atoms with Crippen molar-refractivity contribution in [3.05, 3.63) is 106 Å². The molecule has 10 heteroatoms. The first kappa shape index (κ1) is 29.3. The number of benzene rings is 4. The number of methoxy groups -OCH3 is 2. The SMILES string of the molecule is COc1cc(/C=C2\C(=O)N(CC(O)COc3cc(O)c4c(=O)cc(-c5ccccc5)oc4c3)c3ccccc32)cc(OC)c1O. The quantitative estimate of drug-likeness (QED) is 0.193. The predicted molar refractivity (Wildman–Crippen MR) is 169 cm³/mol. The molecule has 0 aliphatic carbocycles. The number of carbonyl (C=O) groups is 1. The van der Waals surface area contributed by atoms with Crippen LogP contribution >= 0.6 is 0 Å². The van der Waals surface area contributed by atoms with Crippen molar-refractivity contribution < 1.29 is 38.7 Å². The molecule has 1 aliphatic rings. The van der Waals surface area contributed by atoms with Crippen LogP contribution in [0.3, 0.4) is 0 Å². The van der Waals surface area contributed by atoms with Gasteiger partial charge in [-0.3, -0.25) is 9.59 Å². The molecule has 45 heavy (non-hydrogen) atoms. The molecule has 1 aromatic heterocycles. The highest BCUT2D eigenvalue weighted by atomic mass is 16.5. The van der Waals surface area contributed by atoms with Gasteiger partial charge in [0, 0.05) is 34.9 Å². The number of hydrogen-bond donors (Lipinski definition) is 3. The Morgan fingerprint density at radius 2 is 1.58 bits per heavy atom. The molecule has 1 aliphatic heterocycles. The van der Waals surface area contributed by atoms with E-state index < -0.39 is 11.5 Å². The number of rotatable bonds is 9. The van der Waals surface area contributed by atoms with Crippen LogP contribution < -0.4 is 24.5 Å². The van der Waals surface area contributed by atoms with Gasteiger partial charge in [0.05, 0.1) is 26.5 Å². The lowest BCUT2D eigenvalue weighted by Gasteiger charge is -2.21. The molecule has 0 radical (unpaired) electrons. The number of para-hydroxylation sites is 1. The maximum atomic E-state index is 13.6. The Hall–Kier alpha value is -5.74. The zero-order valence-electron chi connectivity index (χ0n) is 24.4. The van der Waals surface area contributed by atoms with Crippen molar-refractivity contribution in [3.8, 4) is 40.1 Å². The number of ether oxygens (including phenoxy) is 3. The largest absolute Gasteiger partial charge is 0.507 e. The van der Waals surface area contributed by atoms with E-state index in [0.717, 1.165) is 0 Å². The average molecular weight is 608 g/mol. The van der Waals surface area contributed by atoms with E-state index in [9.17, 15) is 24.9 Å². The van der Waals surface area contributed by atoms with Crippen LogP contribution in [0.2, 0.25) is 0 Å². The lowest BCUT2D eigenvalue weighted by atomic mass is 10.0. The van der Waals surface area contributed by atoms with Crippen molar-refractivity contribution in [2.75, 3.05) is 32.3 Å². The molecular formula is C35H29NO9. The van der Waals surface area contributed by atoms with Crippen molar-refractivity contribution >= 4 is 34.2 Å². The monoisotopic (exact) mass is 607 g/mol. The van der Waals surface area contributed by atoms with E-state index in [0.29, 0.717) is 33.7 Å². The summed E-state index contributed by atoms with van der Waals surface area (Å²) < 4.78 is 22.2. The van der Waals surface area contributed by atoms with Crippen molar-refractivity contribution in [1.29, 1.82) is 0 Å². The summed E-state index contributed by atoms with van der Waals surface area (Å²) in [7, 11) is 2.84. The van der Waals surface area contributed by atoms with Crippen molar-refractivity contribution in [3.63, 3.8) is 0 Å². The summed E-state index contributed by atoms with van der Waals surface area (Å²) in [6.45, 7) is -0.298. The highest BCUT2D eigenvalue weighted by Crippen LogP contribution is 2.41. The number of nitrogens with zero attached hydrogens (tertiary/aromatic N) is 1. The third-order valence-corrected chi connectivity index (χ3v) is 7.45. The topological polar surface area (TPSA) is 139 Å². The molecule has 1 atom stereocenters. The Labute approximate surface area is 257 Å². The number of fused-ring (bicyclic) bond motifs is 2. The summed E-state index contributed by atoms with van der Waals surface area (Å²) in [5, 5.41) is 31.8. The van der Waals surface area contributed by atoms with Crippen LogP contribution in [-0.2, 0) is 4.79 Å². The second-order valence-electron chi connectivity index (χ2n) is 10.4. The standard InChI is InChI=1S/C35H29NO9/c1-42-31-13-20(14-32(43-2)34(31)40)12-25-24-10-6-7-11-26(24)36(35(25)41)18-22(37)19-44-23-15-27(38)33-28(39)17-29(45-30(33)16-23)21-8-4-3-5-9-21/h3-17,22,37-38,40H,18-19H2,1-2H3/b25-12-. The molecule has 0 saturated heterocycles. The van der Waals surface area contributed by atoms with E-state index in [1.165, 1.54) is 37.3 Å². The highest BCUT2D eigenvalue weighted by Gasteiger charge is 2.33. The number of anilines is 1. The van der Waals surface area contributed by atoms with Crippen LogP contribution in [-0.4, -0.2) is 54.7 Å². The zero-order chi connectivity index (χ0) is 31.7. The van der Waals surface area contributed by atoms with Gasteiger partial charge in [-0.2, -0.15) is 0 Å². The second-order valence-corrected chi connectivity index (χ2v) is 10.4. The lowest BCUT2D eigenvalue weighted by Crippen LogP contribution is -2.37. The Kier molecular flexibility index (Phi) is 7.89. The average Bonchev–Trinajstić information content (AvgIpc) is 3.30. The van der Waals surface area contributed by atoms with Crippen LogP contribution in [0.1, 0.15) is 11.1 Å². The molecule has 0 saturated carbocycles. The van der Waals surface area contributed by atoms with Crippen LogP contribution in [0.5, 0.6) is 28.7 Å². The third kappa shape index (κ3) is 5.66. The van der Waals surface area contributed by atoms with Gasteiger partial charge in [-0.25, -0.2) is 0 Å². The lowest BCUT2D eigenvalue weighted by molar-refractivity contribution is -0.113. The molecule has 0 spiro atoms. The predicted octanol–water partition coefficient (Wildman–Crippen LogP) is 5.22. The Morgan fingerprint density at radius 1 is 0.889 bits per heavy atom. The normalized spacial score (nSPS) is 14.1. The van der Waals surface area contributed by atoms with Gasteiger partial charge in [0.25, 0.3) is 5.91 Å². The molecule has 0 bridgehead atoms. The summed E-state index contributed by atoms with van der Waals surface area (Å²) in [6, 6.07) is 23.6. The van der Waals surface area contributed by atoms with Crippen molar-refractivity contribution in [1.82, 2.24) is 0 Å². The highest BCUT2D eigenvalue weighted by molar-refractivity contribution is 6.35. The fourth-order valence-corrected chi connectivity index (χ4v) is 5.32. The fraction of sp³-hybridized carbons (Fsp3) is 0.143. The molecular weight excluding hydrogens is 578 g/mol. The van der Waals surface area contributed by atoms with E-state index in [1.54, 1.807) is 42.5 Å². The van der Waals surface area contributed by atoms with Crippen molar-refractivity contribution in [2.24, 2.45) is 0 Å². The van der Waals surface area contributed by atoms with E-state index in [2.05, 4.69) is 0 Å². The molecule has 3 N–H and O–H groups in total. The van der Waals surface area contributed by atoms with Gasteiger partial charge in [-0.05, 0) is 29.8 Å². The second kappa shape index (κ2) is 12.1. The Bertz CT molecular complexity index is 1970. The van der Waals surface area contributed by atoms with Gasteiger partial charge < -0.3 is 38.8 Å². The molecule has 5 aromatic rings. The van der Waals surface area contributed by atoms with Crippen LogP contribution in [0.25, 0.3) is 33.9 Å². The molecule has 10 nitrogen and oxygen atoms in total. The van der Waals surface area contributed by atoms with Gasteiger partial charge in [0.1, 0.15) is 40.9 Å². The number of amides is 1. The van der Waals surface area contributed by atoms with Crippen molar-refractivity contribution in [2.45, 2.75) is 6.10 Å². The number of aromatic hydroxyl groups is 2. The van der Waals surface area contributed by atoms with Crippen LogP contribution in [0.4, 0.5) is 5.69 Å². The summed E-state index contributed by atoms with van der Waals surface area (Å²) in [4.78, 5) is 27.9. The minimum atomic E-state index is -1.12. The maximum Gasteiger partial charge on any atom is 0.259 e. The summed E-state index contributed by atoms with van der Waals surface area (Å²) in [6.07, 6.45) is 0.555. The number of aliphatic hydroxyl groups is 1. The Morgan fingerprint density at radius 3 is 2.29 bits per heavy atom. The molecule has 1 amide bonds. The minimum Gasteiger partial charge on any atom is -0.507 e. The smallest absolute Gasteiger partial charge is 0.259 e. The molecule has 4 aromatic carbocycles. The van der Waals surface area contributed by atoms with E-state index in [1.807, 2.05) is 30.3 Å². The molecule has 228 valence electrons. The van der Waals surface area contributed by atoms with Crippen LogP contribution in [0, 0.1) is 0 Å². The van der Waals surface area contributed by atoms with E-state index >= 15 is 0 Å².